The van der Waals surface area contributed by atoms with E-state index < -0.39 is 23.3 Å². The summed E-state index contributed by atoms with van der Waals surface area (Å²) < 4.78 is 64.4. The Balaban J connectivity index is 1.57. The van der Waals surface area contributed by atoms with E-state index in [1.54, 1.807) is 42.5 Å². The van der Waals surface area contributed by atoms with Crippen molar-refractivity contribution in [3.63, 3.8) is 0 Å². The molecule has 0 heterocycles. The van der Waals surface area contributed by atoms with E-state index in [1.807, 2.05) is 19.1 Å². The van der Waals surface area contributed by atoms with Crippen LogP contribution in [-0.2, 0) is 0 Å². The van der Waals surface area contributed by atoms with Gasteiger partial charge >= 0.3 is 0 Å². The van der Waals surface area contributed by atoms with Gasteiger partial charge in [-0.15, -0.1) is 0 Å². The molecule has 5 heteroatoms. The number of hydrogen-bond donors (Lipinski definition) is 0. The highest BCUT2D eigenvalue weighted by atomic mass is 19.2. The average molecular weight is 481 g/mol. The number of rotatable bonds is 7. The molecule has 1 unspecified atom stereocenters. The highest BCUT2D eigenvalue weighted by Crippen LogP contribution is 2.36. The van der Waals surface area contributed by atoms with Crippen molar-refractivity contribution in [2.45, 2.75) is 39.5 Å². The molecule has 0 saturated heterocycles. The van der Waals surface area contributed by atoms with Gasteiger partial charge in [0.25, 0.3) is 0 Å². The summed E-state index contributed by atoms with van der Waals surface area (Å²) in [6, 6.07) is 12.3. The number of halogens is 4. The molecule has 0 fully saturated rings. The zero-order valence-electron chi connectivity index (χ0n) is 19.9. The summed E-state index contributed by atoms with van der Waals surface area (Å²) in [5, 5.41) is 0. The van der Waals surface area contributed by atoms with Crippen molar-refractivity contribution in [1.82, 2.24) is 0 Å². The van der Waals surface area contributed by atoms with Gasteiger partial charge in [0.15, 0.2) is 23.2 Å². The molecular formula is C30H28F4O. The smallest absolute Gasteiger partial charge is 0.201 e. The van der Waals surface area contributed by atoms with E-state index in [0.29, 0.717) is 22.6 Å². The van der Waals surface area contributed by atoms with E-state index in [-0.39, 0.29) is 23.5 Å². The molecule has 0 spiro atoms. The molecule has 4 rings (SSSR count). The zero-order valence-corrected chi connectivity index (χ0v) is 19.9. The summed E-state index contributed by atoms with van der Waals surface area (Å²) in [6.45, 7) is 4.26. The summed E-state index contributed by atoms with van der Waals surface area (Å²) in [6.07, 6.45) is 8.98. The summed E-state index contributed by atoms with van der Waals surface area (Å²) in [4.78, 5) is 0. The minimum atomic E-state index is -1.06. The van der Waals surface area contributed by atoms with Crippen LogP contribution in [0.5, 0.6) is 5.75 Å². The van der Waals surface area contributed by atoms with Crippen LogP contribution in [0.15, 0.2) is 66.8 Å². The highest BCUT2D eigenvalue weighted by Gasteiger charge is 2.20. The Morgan fingerprint density at radius 2 is 1.34 bits per heavy atom. The van der Waals surface area contributed by atoms with Gasteiger partial charge in [0, 0.05) is 16.7 Å². The lowest BCUT2D eigenvalue weighted by Crippen LogP contribution is -2.04. The molecule has 0 N–H and O–H groups in total. The Morgan fingerprint density at radius 3 is 1.94 bits per heavy atom. The van der Waals surface area contributed by atoms with Crippen LogP contribution >= 0.6 is 0 Å². The highest BCUT2D eigenvalue weighted by molar-refractivity contribution is 5.74. The van der Waals surface area contributed by atoms with E-state index in [4.69, 9.17) is 4.74 Å². The minimum Gasteiger partial charge on any atom is -0.486 e. The number of hydrogen-bond acceptors (Lipinski definition) is 1. The van der Waals surface area contributed by atoms with Crippen molar-refractivity contribution >= 4 is 5.57 Å². The van der Waals surface area contributed by atoms with E-state index in [0.717, 1.165) is 31.3 Å². The molecule has 0 amide bonds. The first kappa shape index (κ1) is 24.8. The van der Waals surface area contributed by atoms with E-state index in [9.17, 15) is 17.6 Å². The largest absolute Gasteiger partial charge is 0.486 e. The van der Waals surface area contributed by atoms with Gasteiger partial charge in [-0.3, -0.25) is 0 Å². The van der Waals surface area contributed by atoms with Gasteiger partial charge in [-0.05, 0) is 60.4 Å². The van der Waals surface area contributed by atoms with Crippen LogP contribution in [0.2, 0.25) is 0 Å². The fraction of sp³-hybridized carbons (Fsp3) is 0.267. The Bertz CT molecular complexity index is 1260. The Kier molecular flexibility index (Phi) is 7.74. The lowest BCUT2D eigenvalue weighted by atomic mass is 9.87. The van der Waals surface area contributed by atoms with Crippen LogP contribution in [-0.4, -0.2) is 6.61 Å². The van der Waals surface area contributed by atoms with Gasteiger partial charge in [0.05, 0.1) is 0 Å². The molecule has 0 radical (unpaired) electrons. The van der Waals surface area contributed by atoms with Crippen molar-refractivity contribution in [2.24, 2.45) is 5.92 Å². The second kappa shape index (κ2) is 10.9. The van der Waals surface area contributed by atoms with Crippen molar-refractivity contribution in [1.29, 1.82) is 0 Å². The third kappa shape index (κ3) is 5.34. The summed E-state index contributed by atoms with van der Waals surface area (Å²) in [5.41, 5.74) is 2.20. The van der Waals surface area contributed by atoms with Crippen LogP contribution in [0.1, 0.15) is 45.1 Å². The molecule has 3 aromatic carbocycles. The van der Waals surface area contributed by atoms with Crippen LogP contribution in [0.25, 0.3) is 27.8 Å². The lowest BCUT2D eigenvalue weighted by Gasteiger charge is -2.19. The van der Waals surface area contributed by atoms with E-state index >= 15 is 0 Å². The van der Waals surface area contributed by atoms with Crippen molar-refractivity contribution < 1.29 is 22.3 Å². The molecule has 1 aliphatic rings. The van der Waals surface area contributed by atoms with Crippen molar-refractivity contribution in [3.05, 3.63) is 95.6 Å². The predicted molar refractivity (Wildman–Crippen MR) is 133 cm³/mol. The zero-order chi connectivity index (χ0) is 24.9. The molecule has 1 aliphatic carbocycles. The second-order valence-electron chi connectivity index (χ2n) is 8.90. The SMILES string of the molecule is CC/C=C/COc1ccc(-c2ccc(-c3ccc(C4=CCC(C)CC4)c(F)c3F)cc2)c(F)c1F. The maximum atomic E-state index is 15.0. The quantitative estimate of drug-likeness (QED) is 0.242. The summed E-state index contributed by atoms with van der Waals surface area (Å²) in [7, 11) is 0. The minimum absolute atomic E-state index is 0.0611. The molecular weight excluding hydrogens is 452 g/mol. The van der Waals surface area contributed by atoms with Crippen LogP contribution in [0, 0.1) is 29.2 Å². The first-order valence-electron chi connectivity index (χ1n) is 11.9. The van der Waals surface area contributed by atoms with Gasteiger partial charge in [-0.1, -0.05) is 68.5 Å². The molecule has 0 aromatic heterocycles. The monoisotopic (exact) mass is 480 g/mol. The molecule has 3 aromatic rings. The van der Waals surface area contributed by atoms with Gasteiger partial charge in [-0.25, -0.2) is 13.2 Å². The normalized spacial score (nSPS) is 15.9. The Labute approximate surface area is 203 Å². The van der Waals surface area contributed by atoms with Gasteiger partial charge in [0.2, 0.25) is 5.82 Å². The number of benzene rings is 3. The third-order valence-electron chi connectivity index (χ3n) is 6.39. The van der Waals surface area contributed by atoms with Crippen molar-refractivity contribution in [2.75, 3.05) is 6.61 Å². The number of allylic oxidation sites excluding steroid dienone is 3. The van der Waals surface area contributed by atoms with E-state index in [2.05, 4.69) is 6.92 Å². The van der Waals surface area contributed by atoms with E-state index in [1.165, 1.54) is 12.1 Å². The number of ether oxygens (including phenoxy) is 1. The van der Waals surface area contributed by atoms with Crippen LogP contribution < -0.4 is 4.74 Å². The first-order chi connectivity index (χ1) is 16.9. The average Bonchev–Trinajstić information content (AvgIpc) is 2.87. The molecule has 0 aliphatic heterocycles. The molecule has 0 saturated carbocycles. The Morgan fingerprint density at radius 1 is 0.771 bits per heavy atom. The Hall–Kier alpha value is -3.34. The maximum absolute atomic E-state index is 15.0. The van der Waals surface area contributed by atoms with Crippen LogP contribution in [0.3, 0.4) is 0 Å². The fourth-order valence-corrected chi connectivity index (χ4v) is 4.30. The van der Waals surface area contributed by atoms with Gasteiger partial charge < -0.3 is 4.74 Å². The third-order valence-corrected chi connectivity index (χ3v) is 6.39. The molecule has 35 heavy (non-hydrogen) atoms. The van der Waals surface area contributed by atoms with Crippen molar-refractivity contribution in [3.8, 4) is 28.0 Å². The topological polar surface area (TPSA) is 9.23 Å². The predicted octanol–water partition coefficient (Wildman–Crippen LogP) is 9.13. The standard InChI is InChI=1S/C30H28F4O/c1-3-4-5-18-35-26-17-16-25(29(33)30(26)34)22-12-10-21(11-13-22)24-15-14-23(27(31)28(24)32)20-8-6-19(2)7-9-20/h4-5,8,10-17,19H,3,6-7,9,18H2,1-2H3/b5-4+. The lowest BCUT2D eigenvalue weighted by molar-refractivity contribution is 0.332. The molecule has 1 nitrogen and oxygen atoms in total. The summed E-state index contributed by atoms with van der Waals surface area (Å²) >= 11 is 0. The molecule has 0 bridgehead atoms. The van der Waals surface area contributed by atoms with Crippen LogP contribution in [0.4, 0.5) is 17.6 Å². The molecule has 182 valence electrons. The maximum Gasteiger partial charge on any atom is 0.201 e. The fourth-order valence-electron chi connectivity index (χ4n) is 4.30. The van der Waals surface area contributed by atoms with Gasteiger partial charge in [-0.2, -0.15) is 4.39 Å². The van der Waals surface area contributed by atoms with Gasteiger partial charge in [0.1, 0.15) is 6.61 Å². The summed E-state index contributed by atoms with van der Waals surface area (Å²) in [5.74, 6) is -3.47. The first-order valence-corrected chi connectivity index (χ1v) is 11.9. The second-order valence-corrected chi connectivity index (χ2v) is 8.90. The molecule has 1 atom stereocenters.